The molecule has 0 aromatic heterocycles. The van der Waals surface area contributed by atoms with Crippen molar-refractivity contribution in [2.24, 2.45) is 22.7 Å². The number of ether oxygens (including phenoxy) is 6. The Kier molecular flexibility index (Phi) is 12.8. The van der Waals surface area contributed by atoms with E-state index in [1.54, 1.807) is 13.0 Å². The van der Waals surface area contributed by atoms with Crippen molar-refractivity contribution in [2.75, 3.05) is 0 Å². The molecule has 0 spiro atoms. The largest absolute Gasteiger partial charge is 0.392 e. The molecular formula is C38H64O14. The molecule has 5 aliphatic rings. The first-order valence-electron chi connectivity index (χ1n) is 18.9. The van der Waals surface area contributed by atoms with Gasteiger partial charge in [0.1, 0.15) is 54.9 Å². The maximum absolute atomic E-state index is 11.5. The van der Waals surface area contributed by atoms with Gasteiger partial charge in [0.15, 0.2) is 18.9 Å². The van der Waals surface area contributed by atoms with Crippen molar-refractivity contribution >= 4 is 0 Å². The summed E-state index contributed by atoms with van der Waals surface area (Å²) in [6, 6.07) is 0. The van der Waals surface area contributed by atoms with Gasteiger partial charge in [0.2, 0.25) is 0 Å². The van der Waals surface area contributed by atoms with Gasteiger partial charge >= 0.3 is 0 Å². The van der Waals surface area contributed by atoms with E-state index in [9.17, 15) is 40.9 Å². The molecule has 3 saturated heterocycles. The van der Waals surface area contributed by atoms with Gasteiger partial charge in [-0.05, 0) is 84.0 Å². The second kappa shape index (κ2) is 15.8. The number of hydrogen-bond acceptors (Lipinski definition) is 14. The lowest BCUT2D eigenvalue weighted by molar-refractivity contribution is -0.393. The van der Waals surface area contributed by atoms with Crippen LogP contribution in [0.5, 0.6) is 0 Å². The average molecular weight is 745 g/mol. The van der Waals surface area contributed by atoms with E-state index in [-0.39, 0.29) is 22.7 Å². The minimum Gasteiger partial charge on any atom is -0.392 e. The van der Waals surface area contributed by atoms with Crippen molar-refractivity contribution in [2.45, 2.75) is 191 Å². The Morgan fingerprint density at radius 1 is 0.769 bits per heavy atom. The van der Waals surface area contributed by atoms with E-state index in [0.29, 0.717) is 12.8 Å². The molecule has 0 radical (unpaired) electrons. The fourth-order valence-corrected chi connectivity index (χ4v) is 9.32. The summed E-state index contributed by atoms with van der Waals surface area (Å²) in [4.78, 5) is 0. The SMILES string of the molecule is C=C[C@](C)(CC[C@@]1(C)[C@H](C)C[C@H](O)[C@@]2(C)C(C)=CCC[C@H]12)O[C@@H]1O[C@@H](C)[C@H](O)[C@@H](O[C@@H]2O[C@@H](C)[C@H](O)[C@@H](O)[C@H]2O)[C@H]1O[C@@H]1O[C@@H](C)[C@@H](O)[C@@H](O)[C@@H]1O. The Bertz CT molecular complexity index is 1270. The third kappa shape index (κ3) is 7.56. The highest BCUT2D eigenvalue weighted by Gasteiger charge is 2.58. The summed E-state index contributed by atoms with van der Waals surface area (Å²) in [7, 11) is 0. The number of rotatable bonds is 10. The summed E-state index contributed by atoms with van der Waals surface area (Å²) in [6.07, 6.45) is -13.6. The van der Waals surface area contributed by atoms with Crippen molar-refractivity contribution < 1.29 is 69.3 Å². The van der Waals surface area contributed by atoms with E-state index in [1.165, 1.54) is 19.4 Å². The van der Waals surface area contributed by atoms with Gasteiger partial charge in [0, 0.05) is 5.41 Å². The highest BCUT2D eigenvalue weighted by molar-refractivity contribution is 5.23. The first-order chi connectivity index (χ1) is 24.2. The molecule has 1 saturated carbocycles. The van der Waals surface area contributed by atoms with E-state index in [2.05, 4.69) is 40.3 Å². The molecule has 0 amide bonds. The van der Waals surface area contributed by atoms with Gasteiger partial charge in [-0.3, -0.25) is 0 Å². The molecule has 2 aliphatic carbocycles. The van der Waals surface area contributed by atoms with Crippen LogP contribution in [0.4, 0.5) is 0 Å². The minimum atomic E-state index is -1.71. The highest BCUT2D eigenvalue weighted by atomic mass is 16.8. The molecular weight excluding hydrogens is 680 g/mol. The van der Waals surface area contributed by atoms with Crippen molar-refractivity contribution in [3.8, 4) is 0 Å². The van der Waals surface area contributed by atoms with Crippen LogP contribution in [0.1, 0.15) is 87.5 Å². The van der Waals surface area contributed by atoms with Crippen LogP contribution >= 0.6 is 0 Å². The van der Waals surface area contributed by atoms with Gasteiger partial charge in [0.25, 0.3) is 0 Å². The Hall–Kier alpha value is -1.08. The zero-order chi connectivity index (χ0) is 38.7. The molecule has 0 aromatic carbocycles. The quantitative estimate of drug-likeness (QED) is 0.147. The van der Waals surface area contributed by atoms with Gasteiger partial charge in [0.05, 0.1) is 30.0 Å². The predicted octanol–water partition coefficient (Wildman–Crippen LogP) is 1.03. The van der Waals surface area contributed by atoms with Gasteiger partial charge in [-0.15, -0.1) is 6.58 Å². The van der Waals surface area contributed by atoms with Crippen LogP contribution < -0.4 is 0 Å². The van der Waals surface area contributed by atoms with Crippen molar-refractivity contribution in [3.05, 3.63) is 24.3 Å². The number of aliphatic hydroxyl groups is 8. The Balaban J connectivity index is 1.44. The maximum atomic E-state index is 11.5. The normalized spacial score (nSPS) is 52.7. The molecule has 8 N–H and O–H groups in total. The Morgan fingerprint density at radius 3 is 1.81 bits per heavy atom. The summed E-state index contributed by atoms with van der Waals surface area (Å²) in [5.41, 5.74) is -0.346. The van der Waals surface area contributed by atoms with Crippen LogP contribution in [0.15, 0.2) is 24.3 Å². The molecule has 21 atom stereocenters. The smallest absolute Gasteiger partial charge is 0.187 e. The Morgan fingerprint density at radius 2 is 1.27 bits per heavy atom. The summed E-state index contributed by atoms with van der Waals surface area (Å²) in [5.74, 6) is 0.432. The van der Waals surface area contributed by atoms with Crippen LogP contribution in [0.3, 0.4) is 0 Å². The van der Waals surface area contributed by atoms with Crippen LogP contribution in [-0.4, -0.2) is 145 Å². The van der Waals surface area contributed by atoms with Crippen molar-refractivity contribution in [1.29, 1.82) is 0 Å². The average Bonchev–Trinajstić information content (AvgIpc) is 3.10. The summed E-state index contributed by atoms with van der Waals surface area (Å²) in [6.45, 7) is 19.4. The predicted molar refractivity (Wildman–Crippen MR) is 186 cm³/mol. The molecule has 0 unspecified atom stereocenters. The van der Waals surface area contributed by atoms with E-state index in [4.69, 9.17) is 28.4 Å². The molecule has 4 fully saturated rings. The Labute approximate surface area is 307 Å². The van der Waals surface area contributed by atoms with Crippen LogP contribution in [-0.2, 0) is 28.4 Å². The molecule has 0 aromatic rings. The third-order valence-electron chi connectivity index (χ3n) is 13.6. The number of hydrogen-bond donors (Lipinski definition) is 8. The van der Waals surface area contributed by atoms with Crippen LogP contribution in [0.2, 0.25) is 0 Å². The van der Waals surface area contributed by atoms with E-state index in [0.717, 1.165) is 19.3 Å². The zero-order valence-corrected chi connectivity index (χ0v) is 31.8. The van der Waals surface area contributed by atoms with Gasteiger partial charge < -0.3 is 69.3 Å². The fourth-order valence-electron chi connectivity index (χ4n) is 9.32. The molecule has 5 rings (SSSR count). The van der Waals surface area contributed by atoms with Gasteiger partial charge in [-0.1, -0.05) is 38.5 Å². The van der Waals surface area contributed by atoms with Gasteiger partial charge in [-0.2, -0.15) is 0 Å². The van der Waals surface area contributed by atoms with Crippen LogP contribution in [0.25, 0.3) is 0 Å². The summed E-state index contributed by atoms with van der Waals surface area (Å²) < 4.78 is 36.8. The van der Waals surface area contributed by atoms with Crippen LogP contribution in [0, 0.1) is 22.7 Å². The zero-order valence-electron chi connectivity index (χ0n) is 31.8. The summed E-state index contributed by atoms with van der Waals surface area (Å²) in [5, 5.41) is 86.2. The molecule has 3 aliphatic heterocycles. The lowest BCUT2D eigenvalue weighted by atomic mass is 9.46. The third-order valence-corrected chi connectivity index (χ3v) is 13.6. The molecule has 52 heavy (non-hydrogen) atoms. The maximum Gasteiger partial charge on any atom is 0.187 e. The monoisotopic (exact) mass is 744 g/mol. The lowest BCUT2D eigenvalue weighted by Crippen LogP contribution is -2.66. The first kappa shape index (κ1) is 42.1. The van der Waals surface area contributed by atoms with Crippen molar-refractivity contribution in [3.63, 3.8) is 0 Å². The lowest BCUT2D eigenvalue weighted by Gasteiger charge is -2.60. The second-order valence-electron chi connectivity index (χ2n) is 16.9. The topological polar surface area (TPSA) is 217 Å². The molecule has 300 valence electrons. The number of allylic oxidation sites excluding steroid dienone is 1. The molecule has 0 bridgehead atoms. The summed E-state index contributed by atoms with van der Waals surface area (Å²) >= 11 is 0. The standard InChI is InChI=1S/C38H64O14/c1-10-36(7,14-15-37(8)18(3)16-23(39)38(9)17(2)12-11-13-22(37)38)52-35-32(51-34-30(46)28(44)25(41)20(5)48-34)31(26(42)21(6)49-35)50-33-29(45)27(43)24(40)19(4)47-33/h10,12,18-35,39-46H,1,11,13-16H2,2-9H3/t18-,19+,20+,21+,22-,23+,24+,25-,26+,27-,28-,29-,30+,31-,32-,33+,34+,35+,36-,37+,38+/m1/s1. The van der Waals surface area contributed by atoms with Gasteiger partial charge in [-0.25, -0.2) is 0 Å². The molecule has 14 heteroatoms. The molecule has 3 heterocycles. The second-order valence-corrected chi connectivity index (χ2v) is 16.9. The number of fused-ring (bicyclic) bond motifs is 1. The highest BCUT2D eigenvalue weighted by Crippen LogP contribution is 2.62. The van der Waals surface area contributed by atoms with E-state index in [1.807, 2.05) is 6.92 Å². The number of aliphatic hydroxyl groups excluding tert-OH is 8. The molecule has 14 nitrogen and oxygen atoms in total. The van der Waals surface area contributed by atoms with Crippen molar-refractivity contribution in [1.82, 2.24) is 0 Å². The fraction of sp³-hybridized carbons (Fsp3) is 0.895. The van der Waals surface area contributed by atoms with E-state index >= 15 is 0 Å². The minimum absolute atomic E-state index is 0.167. The first-order valence-corrected chi connectivity index (χ1v) is 18.9. The van der Waals surface area contributed by atoms with E-state index < -0.39 is 104 Å².